The molecule has 55 heavy (non-hydrogen) atoms. The summed E-state index contributed by atoms with van der Waals surface area (Å²) in [4.78, 5) is 33.6. The SMILES string of the molecule is CCCI.CCCI.CC[C@H]1O[C@@H](n2cnc3c(=O)n4ccn(CCc5ccc([N+](=O)[O-])cc5)c4nc32)[C@H](O[Si](C)(C)C(C)(C)C)[C@@H]1OP(N)OCCC#N. The summed E-state index contributed by atoms with van der Waals surface area (Å²) in [6.07, 6.45) is 6.60. The summed E-state index contributed by atoms with van der Waals surface area (Å²) in [7, 11) is -4.23. The molecule has 1 aliphatic heterocycles. The van der Waals surface area contributed by atoms with Gasteiger partial charge in [0, 0.05) is 31.1 Å². The lowest BCUT2D eigenvalue weighted by Gasteiger charge is -2.40. The Morgan fingerprint density at radius 2 is 1.75 bits per heavy atom. The number of hydrogen-bond donors (Lipinski definition) is 1. The first-order valence-electron chi connectivity index (χ1n) is 18.4. The van der Waals surface area contributed by atoms with Crippen LogP contribution in [0, 0.1) is 21.4 Å². The van der Waals surface area contributed by atoms with Gasteiger partial charge in [-0.2, -0.15) is 10.2 Å². The zero-order chi connectivity index (χ0) is 40.9. The van der Waals surface area contributed by atoms with Gasteiger partial charge in [-0.05, 0) is 58.2 Å². The highest BCUT2D eigenvalue weighted by Gasteiger charge is 2.52. The van der Waals surface area contributed by atoms with E-state index in [2.05, 4.69) is 97.9 Å². The van der Waals surface area contributed by atoms with E-state index in [-0.39, 0.29) is 34.8 Å². The van der Waals surface area contributed by atoms with Crippen molar-refractivity contribution < 1.29 is 23.1 Å². The monoisotopic (exact) mass is 1020 g/mol. The molecule has 1 aromatic carbocycles. The minimum Gasteiger partial charge on any atom is -0.407 e. The number of imidazole rings is 2. The summed E-state index contributed by atoms with van der Waals surface area (Å²) in [5, 5.41) is 19.8. The number of nitro benzene ring substituents is 1. The second-order valence-electron chi connectivity index (χ2n) is 14.4. The van der Waals surface area contributed by atoms with Crippen LogP contribution in [-0.4, -0.2) is 70.5 Å². The second-order valence-corrected chi connectivity index (χ2v) is 22.3. The number of aromatic nitrogens is 5. The van der Waals surface area contributed by atoms with Crippen LogP contribution >= 0.6 is 53.7 Å². The lowest BCUT2D eigenvalue weighted by Crippen LogP contribution is -2.49. The van der Waals surface area contributed by atoms with Crippen LogP contribution < -0.4 is 11.1 Å². The molecule has 0 radical (unpaired) electrons. The van der Waals surface area contributed by atoms with E-state index in [4.69, 9.17) is 34.0 Å². The molecule has 0 bridgehead atoms. The molecule has 4 heterocycles. The molecular weight excluding hydrogens is 969 g/mol. The number of benzene rings is 1. The van der Waals surface area contributed by atoms with Crippen LogP contribution in [0.25, 0.3) is 16.9 Å². The molecular formula is C36H55I2N8O7PSi. The zero-order valence-electron chi connectivity index (χ0n) is 33.0. The average molecular weight is 1020 g/mol. The van der Waals surface area contributed by atoms with Crippen molar-refractivity contribution in [3.8, 4) is 6.07 Å². The van der Waals surface area contributed by atoms with Crippen molar-refractivity contribution in [1.82, 2.24) is 23.5 Å². The summed E-state index contributed by atoms with van der Waals surface area (Å²) in [6, 6.07) is 8.44. The van der Waals surface area contributed by atoms with Crippen LogP contribution in [0.5, 0.6) is 0 Å². The molecule has 4 aromatic rings. The summed E-state index contributed by atoms with van der Waals surface area (Å²) >= 11 is 4.70. The molecule has 304 valence electrons. The molecule has 0 saturated carbocycles. The smallest absolute Gasteiger partial charge is 0.287 e. The van der Waals surface area contributed by atoms with Gasteiger partial charge in [0.1, 0.15) is 12.2 Å². The normalized spacial score (nSPS) is 19.0. The predicted octanol–water partition coefficient (Wildman–Crippen LogP) is 8.86. The van der Waals surface area contributed by atoms with Crippen molar-refractivity contribution in [2.75, 3.05) is 15.5 Å². The Bertz CT molecular complexity index is 1900. The molecule has 2 N–H and O–H groups in total. The Hall–Kier alpha value is -2.09. The Kier molecular flexibility index (Phi) is 19.1. The van der Waals surface area contributed by atoms with E-state index >= 15 is 0 Å². The highest BCUT2D eigenvalue weighted by Crippen LogP contribution is 2.46. The van der Waals surface area contributed by atoms with E-state index in [1.54, 1.807) is 35.4 Å². The van der Waals surface area contributed by atoms with Crippen LogP contribution in [0.3, 0.4) is 0 Å². The van der Waals surface area contributed by atoms with Crippen LogP contribution in [0.1, 0.15) is 79.0 Å². The van der Waals surface area contributed by atoms with Crippen molar-refractivity contribution in [3.63, 3.8) is 0 Å². The van der Waals surface area contributed by atoms with Gasteiger partial charge in [0.05, 0.1) is 36.5 Å². The molecule has 1 unspecified atom stereocenters. The number of nitrogens with zero attached hydrogens (tertiary/aromatic N) is 7. The number of rotatable bonds is 15. The van der Waals surface area contributed by atoms with Gasteiger partial charge >= 0.3 is 0 Å². The van der Waals surface area contributed by atoms with Gasteiger partial charge in [0.25, 0.3) is 19.8 Å². The van der Waals surface area contributed by atoms with Crippen molar-refractivity contribution in [3.05, 3.63) is 69.0 Å². The van der Waals surface area contributed by atoms with Gasteiger partial charge in [0.15, 0.2) is 25.7 Å². The number of hydrogen-bond acceptors (Lipinski definition) is 11. The fraction of sp³-hybridized carbons (Fsp3) is 0.611. The molecule has 1 saturated heterocycles. The van der Waals surface area contributed by atoms with Crippen molar-refractivity contribution in [2.45, 2.75) is 123 Å². The molecule has 1 aliphatic rings. The topological polar surface area (TPSA) is 187 Å². The number of halogens is 2. The predicted molar refractivity (Wildman–Crippen MR) is 236 cm³/mol. The molecule has 1 fully saturated rings. The van der Waals surface area contributed by atoms with Gasteiger partial charge in [-0.15, -0.1) is 0 Å². The Morgan fingerprint density at radius 1 is 1.11 bits per heavy atom. The standard InChI is InChI=1S/C30H41N8O7PSi.2C3H7I/c1-7-22-24(44-46(32)42-18-8-14-31)25(45-47(5,6)30(2,3)4)28(43-22)37-19-33-23-26(37)34-29-35(16-17-36(29)27(23)39)15-13-20-9-11-21(12-10-20)38(40)41;2*1-2-3-4/h9-12,16-17,19,22,24-25,28H,7-8,13,15,18,32H2,1-6H3;2*2-3H2,1H3/t22-,24-,25-,28-,46?;;/m1../s1. The molecule has 3 aromatic heterocycles. The van der Waals surface area contributed by atoms with Crippen LogP contribution in [0.4, 0.5) is 5.69 Å². The molecule has 0 aliphatic carbocycles. The number of nitrogens with two attached hydrogens (primary N) is 1. The minimum absolute atomic E-state index is 0.0292. The molecule has 5 atom stereocenters. The van der Waals surface area contributed by atoms with E-state index in [1.807, 2.05) is 17.6 Å². The number of nitro groups is 1. The van der Waals surface area contributed by atoms with E-state index < -0.39 is 46.3 Å². The van der Waals surface area contributed by atoms with Crippen molar-refractivity contribution >= 4 is 84.7 Å². The largest absolute Gasteiger partial charge is 0.407 e. The maximum absolute atomic E-state index is 13.6. The summed E-state index contributed by atoms with van der Waals surface area (Å²) in [5.74, 6) is 0.419. The fourth-order valence-electron chi connectivity index (χ4n) is 5.28. The summed E-state index contributed by atoms with van der Waals surface area (Å²) in [6.45, 7) is 17.7. The lowest BCUT2D eigenvalue weighted by molar-refractivity contribution is -0.384. The third-order valence-electron chi connectivity index (χ3n) is 9.29. The summed E-state index contributed by atoms with van der Waals surface area (Å²) in [5.41, 5.74) is 7.40. The van der Waals surface area contributed by atoms with E-state index in [0.29, 0.717) is 30.8 Å². The number of aryl methyl sites for hydroxylation is 2. The Labute approximate surface area is 353 Å². The highest BCUT2D eigenvalue weighted by molar-refractivity contribution is 14.1. The minimum atomic E-state index is -2.40. The molecule has 19 heteroatoms. The zero-order valence-corrected chi connectivity index (χ0v) is 39.2. The van der Waals surface area contributed by atoms with E-state index in [0.717, 1.165) is 5.56 Å². The Morgan fingerprint density at radius 3 is 2.29 bits per heavy atom. The molecule has 5 rings (SSSR count). The van der Waals surface area contributed by atoms with E-state index in [9.17, 15) is 14.9 Å². The average Bonchev–Trinajstić information content (AvgIpc) is 3.86. The first-order chi connectivity index (χ1) is 26.1. The van der Waals surface area contributed by atoms with Crippen molar-refractivity contribution in [2.24, 2.45) is 5.50 Å². The number of fused-ring (bicyclic) bond motifs is 2. The van der Waals surface area contributed by atoms with Gasteiger partial charge in [-0.1, -0.05) is 98.9 Å². The van der Waals surface area contributed by atoms with Crippen LogP contribution in [-0.2, 0) is 31.2 Å². The van der Waals surface area contributed by atoms with Gasteiger partial charge in [-0.3, -0.25) is 25.0 Å². The second kappa shape index (κ2) is 22.2. The molecule has 0 spiro atoms. The van der Waals surface area contributed by atoms with Gasteiger partial charge < -0.3 is 22.8 Å². The first kappa shape index (κ1) is 47.3. The van der Waals surface area contributed by atoms with Gasteiger partial charge in [0.2, 0.25) is 5.78 Å². The van der Waals surface area contributed by atoms with Crippen LogP contribution in [0.2, 0.25) is 18.1 Å². The number of ether oxygens (including phenoxy) is 1. The first-order valence-corrected chi connectivity index (χ1v) is 25.6. The highest BCUT2D eigenvalue weighted by atomic mass is 127. The number of nitriles is 1. The van der Waals surface area contributed by atoms with Gasteiger partial charge in [-0.25, -0.2) is 9.38 Å². The van der Waals surface area contributed by atoms with E-state index in [1.165, 1.54) is 38.2 Å². The number of alkyl halides is 2. The maximum atomic E-state index is 13.6. The third-order valence-corrected chi connectivity index (χ3v) is 16.8. The van der Waals surface area contributed by atoms with Crippen LogP contribution in [0.15, 0.2) is 47.8 Å². The fourth-order valence-corrected chi connectivity index (χ4v) is 7.39. The molecule has 15 nitrogen and oxygen atoms in total. The summed E-state index contributed by atoms with van der Waals surface area (Å²) < 4.78 is 33.1. The number of non-ortho nitro benzene ring substituents is 1. The third kappa shape index (κ3) is 12.4. The Balaban J connectivity index is 0.000000925. The quantitative estimate of drug-likeness (QED) is 0.0228. The lowest BCUT2D eigenvalue weighted by atomic mass is 10.1. The van der Waals surface area contributed by atoms with Crippen molar-refractivity contribution in [1.29, 1.82) is 5.26 Å². The molecule has 0 amide bonds. The maximum Gasteiger partial charge on any atom is 0.287 e.